The molecule has 0 aliphatic rings. The van der Waals surface area contributed by atoms with Crippen molar-refractivity contribution in [2.24, 2.45) is 5.73 Å². The van der Waals surface area contributed by atoms with E-state index in [9.17, 15) is 26.8 Å². The molecule has 0 bridgehead atoms. The molecule has 0 radical (unpaired) electrons. The summed E-state index contributed by atoms with van der Waals surface area (Å²) in [4.78, 5) is 23.6. The molecule has 0 aliphatic heterocycles. The number of nitrogens with two attached hydrogens (primary N) is 1. The fraction of sp³-hybridized carbons (Fsp3) is 0.318. The van der Waals surface area contributed by atoms with Crippen LogP contribution in [0.4, 0.5) is 8.78 Å². The summed E-state index contributed by atoms with van der Waals surface area (Å²) in [6.07, 6.45) is -0.409. The topological polar surface area (TPSA) is 133 Å². The van der Waals surface area contributed by atoms with Crippen molar-refractivity contribution in [2.75, 3.05) is 5.75 Å². The summed E-state index contributed by atoms with van der Waals surface area (Å²) in [6, 6.07) is 9.30. The Bertz CT molecular complexity index is 1160. The number of nitrogens with zero attached hydrogens (tertiary/aromatic N) is 2. The highest BCUT2D eigenvalue weighted by Crippen LogP contribution is 2.25. The van der Waals surface area contributed by atoms with Gasteiger partial charge in [0.2, 0.25) is 21.8 Å². The Morgan fingerprint density at radius 3 is 2.36 bits per heavy atom. The molecular weight excluding hydrogens is 454 g/mol. The van der Waals surface area contributed by atoms with E-state index in [1.807, 2.05) is 0 Å². The van der Waals surface area contributed by atoms with Gasteiger partial charge in [-0.15, -0.1) is 0 Å². The largest absolute Gasteiger partial charge is 0.370 e. The van der Waals surface area contributed by atoms with E-state index in [1.54, 1.807) is 18.2 Å². The summed E-state index contributed by atoms with van der Waals surface area (Å²) in [5.41, 5.74) is 6.01. The number of sulfonamides is 1. The number of nitrogens with one attached hydrogen (secondary N) is 1. The molecule has 0 unspecified atom stereocenters. The number of rotatable bonds is 10. The van der Waals surface area contributed by atoms with Crippen molar-refractivity contribution in [1.29, 1.82) is 5.26 Å². The molecular formula is C22H24F2N4O4S. The average Bonchev–Trinajstić information content (AvgIpc) is 2.78. The van der Waals surface area contributed by atoms with Crippen LogP contribution in [0.15, 0.2) is 42.5 Å². The van der Waals surface area contributed by atoms with Crippen molar-refractivity contribution < 1.29 is 26.8 Å². The van der Waals surface area contributed by atoms with Crippen LogP contribution in [0.5, 0.6) is 0 Å². The lowest BCUT2D eigenvalue weighted by atomic mass is 10.0. The molecule has 0 saturated heterocycles. The van der Waals surface area contributed by atoms with Crippen molar-refractivity contribution in [3.05, 3.63) is 59.7 Å². The van der Waals surface area contributed by atoms with Gasteiger partial charge in [0, 0.05) is 12.1 Å². The molecule has 2 rings (SSSR count). The number of carbonyl (C=O) groups excluding carboxylic acids is 2. The van der Waals surface area contributed by atoms with Gasteiger partial charge in [0.05, 0.1) is 18.2 Å². The van der Waals surface area contributed by atoms with E-state index in [4.69, 9.17) is 11.0 Å². The van der Waals surface area contributed by atoms with E-state index >= 15 is 0 Å². The maximum atomic E-state index is 14.0. The highest BCUT2D eigenvalue weighted by Gasteiger charge is 2.32. The highest BCUT2D eigenvalue weighted by atomic mass is 32.2. The summed E-state index contributed by atoms with van der Waals surface area (Å²) in [6.45, 7) is 2.61. The third-order valence-corrected chi connectivity index (χ3v) is 6.86. The Morgan fingerprint density at radius 1 is 1.18 bits per heavy atom. The van der Waals surface area contributed by atoms with Crippen LogP contribution >= 0.6 is 0 Å². The molecule has 0 fully saturated rings. The number of benzene rings is 2. The van der Waals surface area contributed by atoms with E-state index in [0.29, 0.717) is 11.1 Å². The minimum Gasteiger partial charge on any atom is -0.370 e. The summed E-state index contributed by atoms with van der Waals surface area (Å²) in [5.74, 6) is -3.81. The van der Waals surface area contributed by atoms with Crippen LogP contribution in [-0.2, 0) is 26.2 Å². The van der Waals surface area contributed by atoms with Crippen LogP contribution in [0.25, 0.3) is 11.1 Å². The molecule has 0 saturated carbocycles. The van der Waals surface area contributed by atoms with Gasteiger partial charge in [-0.25, -0.2) is 17.2 Å². The fourth-order valence-corrected chi connectivity index (χ4v) is 4.35. The molecule has 2 aromatic rings. The van der Waals surface area contributed by atoms with Crippen molar-refractivity contribution in [3.63, 3.8) is 0 Å². The summed E-state index contributed by atoms with van der Waals surface area (Å²) < 4.78 is 53.9. The Labute approximate surface area is 191 Å². The second-order valence-electron chi connectivity index (χ2n) is 7.28. The Morgan fingerprint density at radius 2 is 1.82 bits per heavy atom. The second-order valence-corrected chi connectivity index (χ2v) is 9.49. The maximum absolute atomic E-state index is 14.0. The number of hydrogen-bond acceptors (Lipinski definition) is 5. The van der Waals surface area contributed by atoms with E-state index < -0.39 is 52.0 Å². The number of hydrogen-bond donors (Lipinski definition) is 2. The first kappa shape index (κ1) is 25.9. The van der Waals surface area contributed by atoms with Crippen LogP contribution in [0.1, 0.15) is 25.8 Å². The van der Waals surface area contributed by atoms with Crippen LogP contribution in [0.3, 0.4) is 0 Å². The zero-order valence-corrected chi connectivity index (χ0v) is 18.9. The smallest absolute Gasteiger partial charge is 0.239 e. The van der Waals surface area contributed by atoms with Gasteiger partial charge in [0.25, 0.3) is 0 Å². The Balaban J connectivity index is 2.27. The van der Waals surface area contributed by atoms with Crippen LogP contribution in [-0.4, -0.2) is 42.4 Å². The third kappa shape index (κ3) is 6.57. The van der Waals surface area contributed by atoms with Crippen molar-refractivity contribution >= 4 is 21.8 Å². The third-order valence-electron chi connectivity index (χ3n) is 4.97. The van der Waals surface area contributed by atoms with Crippen LogP contribution < -0.4 is 11.1 Å². The minimum atomic E-state index is -3.85. The first-order valence-corrected chi connectivity index (χ1v) is 11.6. The zero-order valence-electron chi connectivity index (χ0n) is 18.1. The summed E-state index contributed by atoms with van der Waals surface area (Å²) >= 11 is 0. The lowest BCUT2D eigenvalue weighted by Gasteiger charge is -2.28. The Kier molecular flexibility index (Phi) is 8.62. The Hall–Kier alpha value is -3.36. The maximum Gasteiger partial charge on any atom is 0.239 e. The fourth-order valence-electron chi connectivity index (χ4n) is 3.09. The van der Waals surface area contributed by atoms with Gasteiger partial charge < -0.3 is 11.1 Å². The highest BCUT2D eigenvalue weighted by molar-refractivity contribution is 7.89. The molecule has 0 heterocycles. The molecule has 2 aromatic carbocycles. The van der Waals surface area contributed by atoms with E-state index in [-0.39, 0.29) is 17.9 Å². The molecule has 0 aromatic heterocycles. The molecule has 2 amide bonds. The number of nitriles is 1. The van der Waals surface area contributed by atoms with Gasteiger partial charge >= 0.3 is 0 Å². The lowest BCUT2D eigenvalue weighted by molar-refractivity contribution is -0.125. The molecule has 8 nitrogen and oxygen atoms in total. The van der Waals surface area contributed by atoms with Gasteiger partial charge in [0.15, 0.2) is 11.6 Å². The number of amides is 2. The molecule has 0 spiro atoms. The molecule has 11 heteroatoms. The van der Waals surface area contributed by atoms with Crippen molar-refractivity contribution in [2.45, 2.75) is 38.9 Å². The van der Waals surface area contributed by atoms with Gasteiger partial charge in [-0.05, 0) is 31.0 Å². The van der Waals surface area contributed by atoms with E-state index in [0.717, 1.165) is 10.4 Å². The van der Waals surface area contributed by atoms with Crippen LogP contribution in [0, 0.1) is 23.0 Å². The van der Waals surface area contributed by atoms with E-state index in [1.165, 1.54) is 38.1 Å². The van der Waals surface area contributed by atoms with Gasteiger partial charge in [-0.2, -0.15) is 9.57 Å². The average molecular weight is 479 g/mol. The predicted octanol–water partition coefficient (Wildman–Crippen LogP) is 2.06. The molecule has 33 heavy (non-hydrogen) atoms. The number of primary amides is 1. The van der Waals surface area contributed by atoms with Gasteiger partial charge in [0.1, 0.15) is 12.1 Å². The minimum absolute atomic E-state index is 0.0596. The van der Waals surface area contributed by atoms with Crippen molar-refractivity contribution in [1.82, 2.24) is 9.62 Å². The number of halogens is 2. The first-order valence-electron chi connectivity index (χ1n) is 10.0. The molecule has 0 aliphatic carbocycles. The predicted molar refractivity (Wildman–Crippen MR) is 118 cm³/mol. The first-order chi connectivity index (χ1) is 15.5. The number of carbonyl (C=O) groups is 2. The lowest BCUT2D eigenvalue weighted by Crippen LogP contribution is -2.50. The summed E-state index contributed by atoms with van der Waals surface area (Å²) in [7, 11) is -3.85. The summed E-state index contributed by atoms with van der Waals surface area (Å²) in [5, 5.41) is 11.4. The van der Waals surface area contributed by atoms with Gasteiger partial charge in [-0.1, -0.05) is 36.4 Å². The van der Waals surface area contributed by atoms with E-state index in [2.05, 4.69) is 5.32 Å². The molecule has 3 N–H and O–H groups in total. The quantitative estimate of drug-likeness (QED) is 0.539. The van der Waals surface area contributed by atoms with Crippen molar-refractivity contribution in [3.8, 4) is 17.2 Å². The standard InChI is InChI=1S/C22H24F2N4O4S/c1-3-33(31,32)28(14(2)22(30)27-17(12-25)11-20(26)29)13-15-7-9-16(10-8-15)18-5-4-6-19(23)21(18)24/h4-10,14,17H,3,11,13H2,1-2H3,(H2,26,29)(H,27,30)/t14-,17-/m0/s1. The zero-order chi connectivity index (χ0) is 24.8. The second kappa shape index (κ2) is 11.0. The normalized spacial score (nSPS) is 13.2. The molecule has 176 valence electrons. The SMILES string of the molecule is CCS(=O)(=O)N(Cc1ccc(-c2cccc(F)c2F)cc1)[C@@H](C)C(=O)N[C@H](C#N)CC(N)=O. The van der Waals surface area contributed by atoms with Crippen LogP contribution in [0.2, 0.25) is 0 Å². The monoisotopic (exact) mass is 478 g/mol. The van der Waals surface area contributed by atoms with Gasteiger partial charge in [-0.3, -0.25) is 9.59 Å². The molecule has 2 atom stereocenters.